The molecule has 1 amide bonds. The van der Waals surface area contributed by atoms with Crippen molar-refractivity contribution >= 4 is 29.9 Å². The van der Waals surface area contributed by atoms with E-state index in [1.54, 1.807) is 0 Å². The fourth-order valence-corrected chi connectivity index (χ4v) is 2.78. The van der Waals surface area contributed by atoms with Crippen molar-refractivity contribution in [2.45, 2.75) is 25.7 Å². The van der Waals surface area contributed by atoms with Crippen LogP contribution in [0.1, 0.15) is 24.8 Å². The summed E-state index contributed by atoms with van der Waals surface area (Å²) in [5, 5.41) is 0.706. The third kappa shape index (κ3) is 4.97. The Morgan fingerprint density at radius 2 is 2.05 bits per heavy atom. The van der Waals surface area contributed by atoms with Crippen LogP contribution in [0.4, 0.5) is 0 Å². The Morgan fingerprint density at radius 1 is 1.35 bits per heavy atom. The number of carbonyl (C=O) groups is 1. The van der Waals surface area contributed by atoms with Crippen molar-refractivity contribution in [3.05, 3.63) is 34.9 Å². The Kier molecular flexibility index (Phi) is 7.35. The summed E-state index contributed by atoms with van der Waals surface area (Å²) in [7, 11) is 0. The average Bonchev–Trinajstić information content (AvgIpc) is 2.42. The molecule has 0 radical (unpaired) electrons. The largest absolute Gasteiger partial charge is 0.342 e. The molecule has 0 aliphatic carbocycles. The quantitative estimate of drug-likeness (QED) is 0.928. The molecule has 0 spiro atoms. The second-order valence-electron chi connectivity index (χ2n) is 5.23. The fraction of sp³-hybridized carbons (Fsp3) is 0.533. The van der Waals surface area contributed by atoms with Gasteiger partial charge in [-0.1, -0.05) is 23.7 Å². The number of piperidine rings is 1. The van der Waals surface area contributed by atoms with Crippen molar-refractivity contribution in [3.8, 4) is 0 Å². The second-order valence-corrected chi connectivity index (χ2v) is 5.67. The molecular formula is C15H22Cl2N2O. The first kappa shape index (κ1) is 17.3. The molecule has 0 aromatic heterocycles. The number of nitrogens with zero attached hydrogens (tertiary/aromatic N) is 1. The highest BCUT2D eigenvalue weighted by atomic mass is 35.5. The van der Waals surface area contributed by atoms with Crippen LogP contribution >= 0.6 is 24.0 Å². The maximum atomic E-state index is 12.3. The number of hydrogen-bond acceptors (Lipinski definition) is 2. The molecule has 1 atom stereocenters. The molecule has 1 fully saturated rings. The summed E-state index contributed by atoms with van der Waals surface area (Å²) in [5.41, 5.74) is 6.63. The summed E-state index contributed by atoms with van der Waals surface area (Å²) >= 11 is 5.84. The highest BCUT2D eigenvalue weighted by molar-refractivity contribution is 6.30. The first-order valence-corrected chi connectivity index (χ1v) is 7.29. The maximum Gasteiger partial charge on any atom is 0.226 e. The zero-order valence-corrected chi connectivity index (χ0v) is 13.1. The summed E-state index contributed by atoms with van der Waals surface area (Å²) < 4.78 is 0. The van der Waals surface area contributed by atoms with Crippen molar-refractivity contribution < 1.29 is 4.79 Å². The normalized spacial score (nSPS) is 18.5. The molecule has 20 heavy (non-hydrogen) atoms. The van der Waals surface area contributed by atoms with Gasteiger partial charge in [-0.25, -0.2) is 0 Å². The van der Waals surface area contributed by atoms with E-state index in [0.717, 1.165) is 31.5 Å². The molecular weight excluding hydrogens is 295 g/mol. The van der Waals surface area contributed by atoms with Gasteiger partial charge in [-0.3, -0.25) is 4.79 Å². The predicted octanol–water partition coefficient (Wildman–Crippen LogP) is 2.89. The van der Waals surface area contributed by atoms with E-state index in [4.69, 9.17) is 17.3 Å². The van der Waals surface area contributed by atoms with Crippen molar-refractivity contribution in [2.24, 2.45) is 11.7 Å². The van der Waals surface area contributed by atoms with Crippen LogP contribution in [0, 0.1) is 5.92 Å². The molecule has 1 aromatic carbocycles. The van der Waals surface area contributed by atoms with Gasteiger partial charge in [0.2, 0.25) is 5.91 Å². The summed E-state index contributed by atoms with van der Waals surface area (Å²) in [6.45, 7) is 2.46. The van der Waals surface area contributed by atoms with Crippen molar-refractivity contribution in [1.82, 2.24) is 4.90 Å². The lowest BCUT2D eigenvalue weighted by Gasteiger charge is -2.32. The Hall–Kier alpha value is -0.770. The van der Waals surface area contributed by atoms with E-state index >= 15 is 0 Å². The van der Waals surface area contributed by atoms with Crippen molar-refractivity contribution in [2.75, 3.05) is 19.6 Å². The van der Waals surface area contributed by atoms with Gasteiger partial charge in [0.05, 0.1) is 6.42 Å². The van der Waals surface area contributed by atoms with Gasteiger partial charge in [-0.2, -0.15) is 0 Å². The number of halogens is 2. The molecule has 0 saturated carbocycles. The van der Waals surface area contributed by atoms with Crippen LogP contribution in [0.3, 0.4) is 0 Å². The van der Waals surface area contributed by atoms with Crippen LogP contribution < -0.4 is 5.73 Å². The van der Waals surface area contributed by atoms with Gasteiger partial charge in [-0.15, -0.1) is 12.4 Å². The van der Waals surface area contributed by atoms with Crippen molar-refractivity contribution in [1.29, 1.82) is 0 Å². The number of likely N-dealkylation sites (tertiary alicyclic amines) is 1. The molecule has 1 aromatic rings. The Bertz CT molecular complexity index is 420. The van der Waals surface area contributed by atoms with Gasteiger partial charge in [-0.05, 0) is 49.4 Å². The standard InChI is InChI=1S/C15H21ClN2O.ClH/c16-14-5-3-12(4-6-14)10-15(19)18-9-1-2-13(11-18)7-8-17;/h3-6,13H,1-2,7-11,17H2;1H. The maximum absolute atomic E-state index is 12.3. The topological polar surface area (TPSA) is 46.3 Å². The number of benzene rings is 1. The monoisotopic (exact) mass is 316 g/mol. The Labute approximate surface area is 131 Å². The number of nitrogens with two attached hydrogens (primary N) is 1. The minimum Gasteiger partial charge on any atom is -0.342 e. The van der Waals surface area contributed by atoms with Crippen LogP contribution in [0.5, 0.6) is 0 Å². The average molecular weight is 317 g/mol. The molecule has 112 valence electrons. The van der Waals surface area contributed by atoms with Crippen LogP contribution in [0.15, 0.2) is 24.3 Å². The zero-order chi connectivity index (χ0) is 13.7. The number of carbonyl (C=O) groups excluding carboxylic acids is 1. The SMILES string of the molecule is Cl.NCCC1CCCN(C(=O)Cc2ccc(Cl)cc2)C1. The molecule has 1 aliphatic heterocycles. The third-order valence-corrected chi connectivity index (χ3v) is 3.97. The van der Waals surface area contributed by atoms with E-state index in [0.29, 0.717) is 23.9 Å². The molecule has 5 heteroatoms. The van der Waals surface area contributed by atoms with Gasteiger partial charge < -0.3 is 10.6 Å². The van der Waals surface area contributed by atoms with Gasteiger partial charge in [0.25, 0.3) is 0 Å². The zero-order valence-electron chi connectivity index (χ0n) is 11.6. The van der Waals surface area contributed by atoms with Crippen molar-refractivity contribution in [3.63, 3.8) is 0 Å². The van der Waals surface area contributed by atoms with E-state index in [-0.39, 0.29) is 18.3 Å². The van der Waals surface area contributed by atoms with E-state index < -0.39 is 0 Å². The highest BCUT2D eigenvalue weighted by Gasteiger charge is 2.22. The summed E-state index contributed by atoms with van der Waals surface area (Å²) in [4.78, 5) is 14.2. The lowest BCUT2D eigenvalue weighted by molar-refractivity contribution is -0.132. The molecule has 0 bridgehead atoms. The molecule has 1 heterocycles. The number of amides is 1. The first-order chi connectivity index (χ1) is 9.19. The van der Waals surface area contributed by atoms with Crippen LogP contribution in [0.25, 0.3) is 0 Å². The smallest absolute Gasteiger partial charge is 0.226 e. The van der Waals surface area contributed by atoms with Crippen LogP contribution in [0.2, 0.25) is 5.02 Å². The Balaban J connectivity index is 0.00000200. The summed E-state index contributed by atoms with van der Waals surface area (Å²) in [6.07, 6.45) is 3.77. The van der Waals surface area contributed by atoms with E-state index in [1.807, 2.05) is 29.2 Å². The van der Waals surface area contributed by atoms with E-state index in [9.17, 15) is 4.79 Å². The van der Waals surface area contributed by atoms with Gasteiger partial charge in [0.15, 0.2) is 0 Å². The lowest BCUT2D eigenvalue weighted by atomic mass is 9.94. The van der Waals surface area contributed by atoms with Crippen LogP contribution in [-0.2, 0) is 11.2 Å². The predicted molar refractivity (Wildman–Crippen MR) is 85.4 cm³/mol. The number of hydrogen-bond donors (Lipinski definition) is 1. The molecule has 2 N–H and O–H groups in total. The van der Waals surface area contributed by atoms with E-state index in [2.05, 4.69) is 0 Å². The Morgan fingerprint density at radius 3 is 2.70 bits per heavy atom. The fourth-order valence-electron chi connectivity index (χ4n) is 2.65. The highest BCUT2D eigenvalue weighted by Crippen LogP contribution is 2.20. The van der Waals surface area contributed by atoms with Gasteiger partial charge in [0, 0.05) is 18.1 Å². The summed E-state index contributed by atoms with van der Waals surface area (Å²) in [6, 6.07) is 7.50. The van der Waals surface area contributed by atoms with Gasteiger partial charge in [0.1, 0.15) is 0 Å². The van der Waals surface area contributed by atoms with E-state index in [1.165, 1.54) is 6.42 Å². The molecule has 1 unspecified atom stereocenters. The second kappa shape index (κ2) is 8.50. The third-order valence-electron chi connectivity index (χ3n) is 3.72. The molecule has 1 aliphatic rings. The molecule has 2 rings (SSSR count). The minimum absolute atomic E-state index is 0. The summed E-state index contributed by atoms with van der Waals surface area (Å²) in [5.74, 6) is 0.789. The van der Waals surface area contributed by atoms with Gasteiger partial charge >= 0.3 is 0 Å². The lowest BCUT2D eigenvalue weighted by Crippen LogP contribution is -2.41. The van der Waals surface area contributed by atoms with Crippen LogP contribution in [-0.4, -0.2) is 30.4 Å². The molecule has 1 saturated heterocycles. The molecule has 3 nitrogen and oxygen atoms in total. The first-order valence-electron chi connectivity index (χ1n) is 6.91. The number of rotatable bonds is 4. The minimum atomic E-state index is 0.